The van der Waals surface area contributed by atoms with Gasteiger partial charge in [0.1, 0.15) is 18.3 Å². The van der Waals surface area contributed by atoms with Crippen LogP contribution >= 0.6 is 0 Å². The van der Waals surface area contributed by atoms with Crippen molar-refractivity contribution in [2.75, 3.05) is 5.32 Å². The summed E-state index contributed by atoms with van der Waals surface area (Å²) < 4.78 is 41.4. The summed E-state index contributed by atoms with van der Waals surface area (Å²) in [6.07, 6.45) is 7.87. The van der Waals surface area contributed by atoms with Crippen LogP contribution in [0.15, 0.2) is 75.8 Å². The molecule has 0 spiro atoms. The third kappa shape index (κ3) is 9.38. The first-order chi connectivity index (χ1) is 19.4. The van der Waals surface area contributed by atoms with Crippen LogP contribution in [0.25, 0.3) is 0 Å². The molecule has 1 amide bonds. The number of anilines is 1. The van der Waals surface area contributed by atoms with Crippen molar-refractivity contribution in [1.29, 1.82) is 0 Å². The van der Waals surface area contributed by atoms with Crippen molar-refractivity contribution in [3.63, 3.8) is 0 Å². The molecule has 1 heterocycles. The highest BCUT2D eigenvalue weighted by molar-refractivity contribution is 5.92. The maximum Gasteiger partial charge on any atom is 0.253 e. The minimum Gasteiger partial charge on any atom is -0.326 e. The molecular formula is C31H39F3N6O. The van der Waals surface area contributed by atoms with Crippen LogP contribution < -0.4 is 16.1 Å². The molecule has 7 nitrogen and oxygen atoms in total. The highest BCUT2D eigenvalue weighted by atomic mass is 19.3. The fourth-order valence-electron chi connectivity index (χ4n) is 4.46. The van der Waals surface area contributed by atoms with Gasteiger partial charge in [0.05, 0.1) is 17.4 Å². The van der Waals surface area contributed by atoms with Gasteiger partial charge in [-0.1, -0.05) is 44.2 Å². The van der Waals surface area contributed by atoms with E-state index < -0.39 is 35.3 Å². The fourth-order valence-corrected chi connectivity index (χ4v) is 4.46. The number of amides is 1. The number of hydrogen-bond acceptors (Lipinski definition) is 6. The quantitative estimate of drug-likeness (QED) is 0.278. The van der Waals surface area contributed by atoms with Crippen LogP contribution in [-0.2, 0) is 11.3 Å². The standard InChI is InChI=1S/C31H39F3N6O/c1-6-24(31(5,33)34)19-36-28(21(2)29(41)40-26-15-13-25(32)14-16-26)35-18-22-9-11-23(12-10-22)27-8-7-17-38-39-20-37-30(27,3)4/h7-17,19-21,24,27-28,35H,6,18H2,1-5H3,(H,37,39)(H,40,41)/b8-7+,36-19?,38-17-. The maximum absolute atomic E-state index is 14.0. The summed E-state index contributed by atoms with van der Waals surface area (Å²) in [6, 6.07) is 13.4. The van der Waals surface area contributed by atoms with Crippen LogP contribution in [0.4, 0.5) is 18.9 Å². The number of alkyl halides is 2. The van der Waals surface area contributed by atoms with E-state index in [4.69, 9.17) is 0 Å². The number of nitrogens with zero attached hydrogens (tertiary/aromatic N) is 3. The third-order valence-electron chi connectivity index (χ3n) is 7.13. The summed E-state index contributed by atoms with van der Waals surface area (Å²) in [7, 11) is 0. The van der Waals surface area contributed by atoms with Gasteiger partial charge in [-0.25, -0.2) is 13.2 Å². The SMILES string of the molecule is CCC(C=NC(NCc1ccc(C2/C=C/C=N\NC=NC2(C)C)cc1)C(C)C(=O)Nc1ccc(F)cc1)C(C)(F)F. The second-order valence-electron chi connectivity index (χ2n) is 10.8. The van der Waals surface area contributed by atoms with E-state index in [9.17, 15) is 18.0 Å². The molecule has 1 aliphatic rings. The molecule has 3 rings (SSSR count). The van der Waals surface area contributed by atoms with Gasteiger partial charge in [-0.3, -0.25) is 25.5 Å². The zero-order valence-corrected chi connectivity index (χ0v) is 24.1. The lowest BCUT2D eigenvalue weighted by Gasteiger charge is -2.29. The summed E-state index contributed by atoms with van der Waals surface area (Å²) in [5, 5.41) is 10.0. The molecule has 41 heavy (non-hydrogen) atoms. The van der Waals surface area contributed by atoms with E-state index in [1.54, 1.807) is 26.4 Å². The van der Waals surface area contributed by atoms with Crippen LogP contribution in [0, 0.1) is 17.7 Å². The molecule has 2 aromatic carbocycles. The molecule has 4 atom stereocenters. The Balaban J connectivity index is 1.77. The minimum absolute atomic E-state index is 0.00123. The molecular weight excluding hydrogens is 529 g/mol. The Labute approximate surface area is 240 Å². The molecule has 0 aliphatic carbocycles. The van der Waals surface area contributed by atoms with E-state index in [0.29, 0.717) is 12.2 Å². The van der Waals surface area contributed by atoms with Crippen LogP contribution in [0.2, 0.25) is 0 Å². The second kappa shape index (κ2) is 14.2. The minimum atomic E-state index is -2.94. The van der Waals surface area contributed by atoms with E-state index >= 15 is 0 Å². The van der Waals surface area contributed by atoms with Crippen LogP contribution in [-0.4, -0.2) is 42.3 Å². The number of allylic oxidation sites excluding steroid dienone is 1. The van der Waals surface area contributed by atoms with Gasteiger partial charge in [-0.15, -0.1) is 0 Å². The summed E-state index contributed by atoms with van der Waals surface area (Å²) in [5.41, 5.74) is 4.80. The Bertz CT molecular complexity index is 1250. The van der Waals surface area contributed by atoms with E-state index in [2.05, 4.69) is 37.2 Å². The Kier molecular flexibility index (Phi) is 11.0. The average Bonchev–Trinajstić information content (AvgIpc) is 3.01. The summed E-state index contributed by atoms with van der Waals surface area (Å²) >= 11 is 0. The maximum atomic E-state index is 14.0. The van der Waals surface area contributed by atoms with E-state index in [1.807, 2.05) is 44.2 Å². The zero-order chi connectivity index (χ0) is 30.0. The molecule has 10 heteroatoms. The van der Waals surface area contributed by atoms with E-state index in [0.717, 1.165) is 18.1 Å². The zero-order valence-electron chi connectivity index (χ0n) is 24.1. The van der Waals surface area contributed by atoms with Crippen molar-refractivity contribution in [2.45, 2.75) is 71.1 Å². The van der Waals surface area contributed by atoms with Crippen molar-refractivity contribution in [1.82, 2.24) is 10.7 Å². The highest BCUT2D eigenvalue weighted by Gasteiger charge is 2.32. The number of rotatable bonds is 11. The van der Waals surface area contributed by atoms with Gasteiger partial charge in [-0.2, -0.15) is 5.10 Å². The molecule has 0 saturated heterocycles. The number of carbonyl (C=O) groups is 1. The first-order valence-corrected chi connectivity index (χ1v) is 13.7. The lowest BCUT2D eigenvalue weighted by molar-refractivity contribution is -0.120. The van der Waals surface area contributed by atoms with E-state index in [1.165, 1.54) is 30.5 Å². The molecule has 1 aliphatic heterocycles. The van der Waals surface area contributed by atoms with Crippen molar-refractivity contribution >= 4 is 30.4 Å². The van der Waals surface area contributed by atoms with Gasteiger partial charge in [0.2, 0.25) is 5.91 Å². The van der Waals surface area contributed by atoms with Gasteiger partial charge < -0.3 is 5.32 Å². The Morgan fingerprint density at radius 1 is 1.17 bits per heavy atom. The largest absolute Gasteiger partial charge is 0.326 e. The topological polar surface area (TPSA) is 90.2 Å². The van der Waals surface area contributed by atoms with Crippen LogP contribution in [0.5, 0.6) is 0 Å². The molecule has 2 aromatic rings. The molecule has 0 radical (unpaired) electrons. The predicted molar refractivity (Wildman–Crippen MR) is 160 cm³/mol. The summed E-state index contributed by atoms with van der Waals surface area (Å²) in [5.74, 6) is -5.50. The number of aliphatic imine (C=N–C) groups is 2. The van der Waals surface area contributed by atoms with Gasteiger partial charge in [-0.05, 0) is 68.7 Å². The van der Waals surface area contributed by atoms with Crippen molar-refractivity contribution < 1.29 is 18.0 Å². The molecule has 0 aromatic heterocycles. The lowest BCUT2D eigenvalue weighted by Crippen LogP contribution is -2.40. The van der Waals surface area contributed by atoms with Gasteiger partial charge in [0.15, 0.2) is 0 Å². The first-order valence-electron chi connectivity index (χ1n) is 13.7. The monoisotopic (exact) mass is 568 g/mol. The predicted octanol–water partition coefficient (Wildman–Crippen LogP) is 6.30. The molecule has 3 N–H and O–H groups in total. The second-order valence-corrected chi connectivity index (χ2v) is 10.8. The number of hydrazone groups is 1. The van der Waals surface area contributed by atoms with Crippen LogP contribution in [0.1, 0.15) is 58.1 Å². The highest BCUT2D eigenvalue weighted by Crippen LogP contribution is 2.33. The van der Waals surface area contributed by atoms with Crippen molar-refractivity contribution in [2.24, 2.45) is 26.9 Å². The molecule has 4 unspecified atom stereocenters. The third-order valence-corrected chi connectivity index (χ3v) is 7.13. The van der Waals surface area contributed by atoms with Gasteiger partial charge in [0.25, 0.3) is 5.92 Å². The molecule has 0 bridgehead atoms. The van der Waals surface area contributed by atoms with Gasteiger partial charge in [0, 0.05) is 30.6 Å². The number of hydrogen-bond donors (Lipinski definition) is 3. The number of halogens is 3. The Morgan fingerprint density at radius 3 is 2.49 bits per heavy atom. The van der Waals surface area contributed by atoms with E-state index in [-0.39, 0.29) is 18.2 Å². The van der Waals surface area contributed by atoms with Crippen molar-refractivity contribution in [3.05, 3.63) is 77.6 Å². The number of nitrogens with one attached hydrogen (secondary N) is 3. The Morgan fingerprint density at radius 2 is 1.85 bits per heavy atom. The average molecular weight is 569 g/mol. The molecule has 0 fully saturated rings. The summed E-state index contributed by atoms with van der Waals surface area (Å²) in [6.45, 7) is 8.66. The van der Waals surface area contributed by atoms with Crippen molar-refractivity contribution in [3.8, 4) is 0 Å². The molecule has 220 valence electrons. The normalized spacial score (nSPS) is 20.6. The molecule has 0 saturated carbocycles. The smallest absolute Gasteiger partial charge is 0.253 e. The Hall–Kier alpha value is -3.79. The van der Waals surface area contributed by atoms with Gasteiger partial charge >= 0.3 is 0 Å². The number of carbonyl (C=O) groups excluding carboxylic acids is 1. The van der Waals surface area contributed by atoms with Crippen LogP contribution in [0.3, 0.4) is 0 Å². The lowest BCUT2D eigenvalue weighted by atomic mass is 9.82. The fraction of sp³-hybridized carbons (Fsp3) is 0.419. The summed E-state index contributed by atoms with van der Waals surface area (Å²) in [4.78, 5) is 22.0. The number of benzene rings is 2. The first kappa shape index (κ1) is 31.7.